The van der Waals surface area contributed by atoms with Crippen molar-refractivity contribution in [2.45, 2.75) is 25.3 Å². The summed E-state index contributed by atoms with van der Waals surface area (Å²) in [6.45, 7) is 0. The molecule has 0 bridgehead atoms. The van der Waals surface area contributed by atoms with Gasteiger partial charge in [0.15, 0.2) is 0 Å². The van der Waals surface area contributed by atoms with Crippen LogP contribution in [0.5, 0.6) is 0 Å². The summed E-state index contributed by atoms with van der Waals surface area (Å²) < 4.78 is 0. The number of aromatic amines is 1. The number of hydrogen-bond acceptors (Lipinski definition) is 3. The molecule has 1 unspecified atom stereocenters. The van der Waals surface area contributed by atoms with Gasteiger partial charge in [-0.05, 0) is 37.0 Å². The van der Waals surface area contributed by atoms with Crippen molar-refractivity contribution in [3.63, 3.8) is 0 Å². The van der Waals surface area contributed by atoms with Crippen LogP contribution >= 0.6 is 0 Å². The van der Waals surface area contributed by atoms with Gasteiger partial charge in [-0.2, -0.15) is 5.10 Å². The summed E-state index contributed by atoms with van der Waals surface area (Å²) in [5.41, 5.74) is 2.62. The Balaban J connectivity index is 1.71. The molecule has 4 nitrogen and oxygen atoms in total. The first-order chi connectivity index (χ1) is 7.92. The number of hydrogen-bond donors (Lipinski definition) is 2. The van der Waals surface area contributed by atoms with E-state index in [1.807, 2.05) is 30.6 Å². The Morgan fingerprint density at radius 2 is 2.38 bits per heavy atom. The van der Waals surface area contributed by atoms with Gasteiger partial charge in [0, 0.05) is 17.9 Å². The third-order valence-electron chi connectivity index (χ3n) is 3.03. The van der Waals surface area contributed by atoms with Gasteiger partial charge in [0.1, 0.15) is 5.82 Å². The largest absolute Gasteiger partial charge is 0.367 e. The number of fused-ring (bicyclic) bond motifs is 1. The minimum Gasteiger partial charge on any atom is -0.367 e. The molecule has 0 saturated carbocycles. The minimum absolute atomic E-state index is 0.472. The lowest BCUT2D eigenvalue weighted by molar-refractivity contribution is 0.602. The summed E-state index contributed by atoms with van der Waals surface area (Å²) in [5.74, 6) is 0.958. The third kappa shape index (κ3) is 1.78. The second-order valence-electron chi connectivity index (χ2n) is 4.17. The Morgan fingerprint density at radius 3 is 3.25 bits per heavy atom. The highest BCUT2D eigenvalue weighted by Gasteiger charge is 2.19. The van der Waals surface area contributed by atoms with Crippen molar-refractivity contribution in [1.82, 2.24) is 15.2 Å². The molecule has 3 rings (SSSR count). The van der Waals surface area contributed by atoms with Gasteiger partial charge in [-0.3, -0.25) is 5.10 Å². The molecule has 1 atom stereocenters. The van der Waals surface area contributed by atoms with Crippen molar-refractivity contribution in [3.8, 4) is 0 Å². The molecule has 2 N–H and O–H groups in total. The van der Waals surface area contributed by atoms with Crippen LogP contribution in [0, 0.1) is 0 Å². The van der Waals surface area contributed by atoms with E-state index in [4.69, 9.17) is 0 Å². The van der Waals surface area contributed by atoms with E-state index in [9.17, 15) is 0 Å². The lowest BCUT2D eigenvalue weighted by Gasteiger charge is -2.23. The van der Waals surface area contributed by atoms with Crippen LogP contribution in [0.4, 0.5) is 5.82 Å². The summed E-state index contributed by atoms with van der Waals surface area (Å²) in [7, 11) is 0. The Hall–Kier alpha value is -1.84. The van der Waals surface area contributed by atoms with Crippen LogP contribution in [-0.4, -0.2) is 21.2 Å². The van der Waals surface area contributed by atoms with Crippen LogP contribution in [0.3, 0.4) is 0 Å². The first-order valence-electron chi connectivity index (χ1n) is 5.60. The molecule has 0 fully saturated rings. The average Bonchev–Trinajstić information content (AvgIpc) is 2.77. The summed E-state index contributed by atoms with van der Waals surface area (Å²) in [4.78, 5) is 4.28. The average molecular weight is 214 g/mol. The fourth-order valence-corrected chi connectivity index (χ4v) is 2.20. The molecule has 2 heterocycles. The summed E-state index contributed by atoms with van der Waals surface area (Å²) in [6, 6.07) is 6.41. The highest BCUT2D eigenvalue weighted by molar-refractivity contribution is 5.36. The molecule has 82 valence electrons. The second-order valence-corrected chi connectivity index (χ2v) is 4.17. The van der Waals surface area contributed by atoms with E-state index in [0.29, 0.717) is 6.04 Å². The maximum absolute atomic E-state index is 4.28. The highest BCUT2D eigenvalue weighted by atomic mass is 15.1. The van der Waals surface area contributed by atoms with E-state index in [1.54, 1.807) is 0 Å². The minimum atomic E-state index is 0.472. The smallest absolute Gasteiger partial charge is 0.126 e. The molecule has 0 aromatic carbocycles. The zero-order chi connectivity index (χ0) is 10.8. The first-order valence-corrected chi connectivity index (χ1v) is 5.60. The van der Waals surface area contributed by atoms with Crippen molar-refractivity contribution in [3.05, 3.63) is 41.9 Å². The predicted octanol–water partition coefficient (Wildman–Crippen LogP) is 1.77. The number of anilines is 1. The number of nitrogens with zero attached hydrogens (tertiary/aromatic N) is 2. The second kappa shape index (κ2) is 3.96. The number of aromatic nitrogens is 3. The number of nitrogens with one attached hydrogen (secondary N) is 2. The van der Waals surface area contributed by atoms with Crippen molar-refractivity contribution >= 4 is 5.82 Å². The van der Waals surface area contributed by atoms with E-state index < -0.39 is 0 Å². The van der Waals surface area contributed by atoms with Gasteiger partial charge in [0.05, 0.1) is 6.20 Å². The molecular formula is C12H14N4. The van der Waals surface area contributed by atoms with E-state index in [2.05, 4.69) is 20.5 Å². The van der Waals surface area contributed by atoms with E-state index >= 15 is 0 Å². The molecule has 16 heavy (non-hydrogen) atoms. The first kappa shape index (κ1) is 9.39. The van der Waals surface area contributed by atoms with Gasteiger partial charge >= 0.3 is 0 Å². The highest BCUT2D eigenvalue weighted by Crippen LogP contribution is 2.21. The van der Waals surface area contributed by atoms with Gasteiger partial charge in [0.2, 0.25) is 0 Å². The monoisotopic (exact) mass is 214 g/mol. The fraction of sp³-hybridized carbons (Fsp3) is 0.333. The lowest BCUT2D eigenvalue weighted by atomic mass is 9.93. The van der Waals surface area contributed by atoms with Crippen LogP contribution in [0.25, 0.3) is 0 Å². The summed E-state index contributed by atoms with van der Waals surface area (Å²) >= 11 is 0. The zero-order valence-corrected chi connectivity index (χ0v) is 8.98. The van der Waals surface area contributed by atoms with E-state index in [0.717, 1.165) is 25.1 Å². The number of H-pyrrole nitrogens is 1. The van der Waals surface area contributed by atoms with E-state index in [1.165, 1.54) is 11.3 Å². The van der Waals surface area contributed by atoms with Crippen molar-refractivity contribution in [2.24, 2.45) is 0 Å². The Labute approximate surface area is 94.1 Å². The van der Waals surface area contributed by atoms with Crippen LogP contribution in [0.2, 0.25) is 0 Å². The summed E-state index contributed by atoms with van der Waals surface area (Å²) in [6.07, 6.45) is 6.98. The lowest BCUT2D eigenvalue weighted by Crippen LogP contribution is -2.27. The predicted molar refractivity (Wildman–Crippen MR) is 62.3 cm³/mol. The maximum atomic E-state index is 4.28. The molecule has 1 aliphatic rings. The van der Waals surface area contributed by atoms with Crippen LogP contribution in [0.1, 0.15) is 17.7 Å². The standard InChI is InChI=1S/C12H14N4/c1-2-6-13-12(3-1)15-10-4-5-11-9(7-10)8-14-16-11/h1-3,6,8,10H,4-5,7H2,(H,13,15)(H,14,16). The quantitative estimate of drug-likeness (QED) is 0.801. The number of aryl methyl sites for hydroxylation is 1. The van der Waals surface area contributed by atoms with Crippen LogP contribution < -0.4 is 5.32 Å². The van der Waals surface area contributed by atoms with Gasteiger partial charge in [-0.25, -0.2) is 4.98 Å². The Kier molecular flexibility index (Phi) is 2.33. The number of pyridine rings is 1. The molecule has 2 aromatic heterocycles. The molecule has 2 aromatic rings. The Morgan fingerprint density at radius 1 is 1.38 bits per heavy atom. The topological polar surface area (TPSA) is 53.6 Å². The number of rotatable bonds is 2. The van der Waals surface area contributed by atoms with Gasteiger partial charge in [0.25, 0.3) is 0 Å². The van der Waals surface area contributed by atoms with Crippen molar-refractivity contribution in [2.75, 3.05) is 5.32 Å². The maximum Gasteiger partial charge on any atom is 0.126 e. The molecule has 0 aliphatic heterocycles. The molecule has 1 aliphatic carbocycles. The van der Waals surface area contributed by atoms with Gasteiger partial charge in [-0.15, -0.1) is 0 Å². The molecule has 0 amide bonds. The van der Waals surface area contributed by atoms with Gasteiger partial charge < -0.3 is 5.32 Å². The SMILES string of the molecule is c1ccc(NC2CCc3[nH]ncc3C2)nc1. The van der Waals surface area contributed by atoms with E-state index in [-0.39, 0.29) is 0 Å². The Bertz CT molecular complexity index is 463. The molecule has 4 heteroatoms. The van der Waals surface area contributed by atoms with Crippen molar-refractivity contribution in [1.29, 1.82) is 0 Å². The normalized spacial score (nSPS) is 19.1. The molecule has 0 spiro atoms. The van der Waals surface area contributed by atoms with Crippen LogP contribution in [0.15, 0.2) is 30.6 Å². The molecule has 0 radical (unpaired) electrons. The molecular weight excluding hydrogens is 200 g/mol. The van der Waals surface area contributed by atoms with Gasteiger partial charge in [-0.1, -0.05) is 6.07 Å². The molecule has 0 saturated heterocycles. The summed E-state index contributed by atoms with van der Waals surface area (Å²) in [5, 5.41) is 10.6. The zero-order valence-electron chi connectivity index (χ0n) is 8.98. The third-order valence-corrected chi connectivity index (χ3v) is 3.03. The van der Waals surface area contributed by atoms with Crippen molar-refractivity contribution < 1.29 is 0 Å². The fourth-order valence-electron chi connectivity index (χ4n) is 2.20. The van der Waals surface area contributed by atoms with Crippen LogP contribution in [-0.2, 0) is 12.8 Å².